The SMILES string of the molecule is Cc1cc(N2CCn3ncc(C)c3C2)cc(C)c1NC(=O)CC(C)(C)C. The molecule has 1 aliphatic heterocycles. The van der Waals surface area contributed by atoms with Gasteiger partial charge in [0.2, 0.25) is 5.91 Å². The Morgan fingerprint density at radius 2 is 1.77 bits per heavy atom. The summed E-state index contributed by atoms with van der Waals surface area (Å²) in [6.45, 7) is 15.2. The molecule has 1 N–H and O–H groups in total. The minimum Gasteiger partial charge on any atom is -0.364 e. The average Bonchev–Trinajstić information content (AvgIpc) is 2.90. The second kappa shape index (κ2) is 6.78. The Bertz CT molecular complexity index is 806. The van der Waals surface area contributed by atoms with Gasteiger partial charge in [-0.2, -0.15) is 5.10 Å². The van der Waals surface area contributed by atoms with Crippen LogP contribution in [-0.2, 0) is 17.9 Å². The lowest BCUT2D eigenvalue weighted by Crippen LogP contribution is -2.34. The largest absolute Gasteiger partial charge is 0.364 e. The molecule has 5 nitrogen and oxygen atoms in total. The molecule has 1 amide bonds. The number of amides is 1. The highest BCUT2D eigenvalue weighted by molar-refractivity contribution is 5.93. The summed E-state index contributed by atoms with van der Waals surface area (Å²) in [5, 5.41) is 7.55. The van der Waals surface area contributed by atoms with Gasteiger partial charge in [-0.15, -0.1) is 0 Å². The zero-order chi connectivity index (χ0) is 19.1. The van der Waals surface area contributed by atoms with Crippen molar-refractivity contribution in [3.8, 4) is 0 Å². The first kappa shape index (κ1) is 18.5. The molecule has 26 heavy (non-hydrogen) atoms. The Labute approximate surface area is 156 Å². The molecule has 0 saturated carbocycles. The Morgan fingerprint density at radius 3 is 2.38 bits per heavy atom. The summed E-state index contributed by atoms with van der Waals surface area (Å²) in [7, 11) is 0. The van der Waals surface area contributed by atoms with Crippen molar-refractivity contribution in [2.75, 3.05) is 16.8 Å². The van der Waals surface area contributed by atoms with E-state index in [2.05, 4.69) is 73.7 Å². The molecular formula is C21H30N4O. The minimum absolute atomic E-state index is 0.0134. The number of aromatic nitrogens is 2. The van der Waals surface area contributed by atoms with E-state index in [1.165, 1.54) is 16.9 Å². The molecule has 0 spiro atoms. The van der Waals surface area contributed by atoms with E-state index >= 15 is 0 Å². The first-order valence-electron chi connectivity index (χ1n) is 9.31. The number of aryl methyl sites for hydroxylation is 3. The van der Waals surface area contributed by atoms with Gasteiger partial charge >= 0.3 is 0 Å². The molecule has 3 rings (SSSR count). The molecule has 0 aliphatic carbocycles. The molecule has 0 bridgehead atoms. The normalized spacial score (nSPS) is 14.3. The molecule has 0 saturated heterocycles. The van der Waals surface area contributed by atoms with E-state index in [9.17, 15) is 4.79 Å². The maximum atomic E-state index is 12.3. The number of carbonyl (C=O) groups excluding carboxylic acids is 1. The number of nitrogens with zero attached hydrogens (tertiary/aromatic N) is 3. The van der Waals surface area contributed by atoms with Crippen LogP contribution in [0.3, 0.4) is 0 Å². The highest BCUT2D eigenvalue weighted by Gasteiger charge is 2.21. The zero-order valence-electron chi connectivity index (χ0n) is 16.8. The van der Waals surface area contributed by atoms with Gasteiger partial charge in [-0.05, 0) is 55.0 Å². The van der Waals surface area contributed by atoms with Gasteiger partial charge in [-0.25, -0.2) is 0 Å². The number of anilines is 2. The fraction of sp³-hybridized carbons (Fsp3) is 0.524. The quantitative estimate of drug-likeness (QED) is 0.898. The predicted molar refractivity (Wildman–Crippen MR) is 107 cm³/mol. The summed E-state index contributed by atoms with van der Waals surface area (Å²) in [5.74, 6) is 0.0777. The third kappa shape index (κ3) is 3.92. The van der Waals surface area contributed by atoms with Gasteiger partial charge in [0.1, 0.15) is 0 Å². The van der Waals surface area contributed by atoms with Gasteiger partial charge < -0.3 is 10.2 Å². The summed E-state index contributed by atoms with van der Waals surface area (Å²) in [6, 6.07) is 4.36. The smallest absolute Gasteiger partial charge is 0.224 e. The van der Waals surface area contributed by atoms with Crippen LogP contribution < -0.4 is 10.2 Å². The third-order valence-electron chi connectivity index (χ3n) is 4.92. The predicted octanol–water partition coefficient (Wildman–Crippen LogP) is 4.20. The minimum atomic E-state index is -0.0134. The number of nitrogens with one attached hydrogen (secondary N) is 1. The molecule has 1 aromatic carbocycles. The Morgan fingerprint density at radius 1 is 1.12 bits per heavy atom. The molecule has 2 heterocycles. The van der Waals surface area contributed by atoms with E-state index in [1.54, 1.807) is 0 Å². The van der Waals surface area contributed by atoms with Gasteiger partial charge in [0.15, 0.2) is 0 Å². The van der Waals surface area contributed by atoms with Gasteiger partial charge in [-0.1, -0.05) is 20.8 Å². The van der Waals surface area contributed by atoms with Crippen LogP contribution in [0.2, 0.25) is 0 Å². The summed E-state index contributed by atoms with van der Waals surface area (Å²) in [4.78, 5) is 14.7. The van der Waals surface area contributed by atoms with Crippen LogP contribution in [-0.4, -0.2) is 22.2 Å². The molecule has 140 valence electrons. The molecule has 0 unspecified atom stereocenters. The molecular weight excluding hydrogens is 324 g/mol. The number of hydrogen-bond acceptors (Lipinski definition) is 3. The van der Waals surface area contributed by atoms with Gasteiger partial charge in [0.05, 0.1) is 25.0 Å². The Balaban J connectivity index is 1.80. The highest BCUT2D eigenvalue weighted by atomic mass is 16.1. The second-order valence-corrected chi connectivity index (χ2v) is 8.66. The lowest BCUT2D eigenvalue weighted by molar-refractivity contribution is -0.117. The highest BCUT2D eigenvalue weighted by Crippen LogP contribution is 2.30. The maximum absolute atomic E-state index is 12.3. The van der Waals surface area contributed by atoms with Crippen molar-refractivity contribution in [1.82, 2.24) is 9.78 Å². The average molecular weight is 354 g/mol. The molecule has 1 aliphatic rings. The van der Waals surface area contributed by atoms with Crippen molar-refractivity contribution < 1.29 is 4.79 Å². The van der Waals surface area contributed by atoms with Crippen LogP contribution in [0.25, 0.3) is 0 Å². The molecule has 0 fully saturated rings. The number of carbonyl (C=O) groups is 1. The van der Waals surface area contributed by atoms with Gasteiger partial charge in [0, 0.05) is 24.3 Å². The van der Waals surface area contributed by atoms with E-state index in [4.69, 9.17) is 0 Å². The summed E-state index contributed by atoms with van der Waals surface area (Å²) in [6.07, 6.45) is 2.46. The van der Waals surface area contributed by atoms with Crippen LogP contribution in [0.5, 0.6) is 0 Å². The van der Waals surface area contributed by atoms with Crippen LogP contribution >= 0.6 is 0 Å². The van der Waals surface area contributed by atoms with Crippen LogP contribution in [0, 0.1) is 26.2 Å². The standard InChI is InChI=1S/C21H30N4O/c1-14-9-17(24-7-8-25-18(13-24)16(3)12-22-25)10-15(2)20(14)23-19(26)11-21(4,5)6/h9-10,12H,7-8,11,13H2,1-6H3,(H,23,26). The Kier molecular flexibility index (Phi) is 4.82. The van der Waals surface area contributed by atoms with Crippen molar-refractivity contribution in [3.05, 3.63) is 40.7 Å². The number of hydrogen-bond donors (Lipinski definition) is 1. The first-order chi connectivity index (χ1) is 12.1. The van der Waals surface area contributed by atoms with Crippen molar-refractivity contribution in [2.45, 2.75) is 61.1 Å². The summed E-state index contributed by atoms with van der Waals surface area (Å²) in [5.41, 5.74) is 6.89. The van der Waals surface area contributed by atoms with Crippen molar-refractivity contribution in [1.29, 1.82) is 0 Å². The Hall–Kier alpha value is -2.30. The van der Waals surface area contributed by atoms with Crippen LogP contribution in [0.15, 0.2) is 18.3 Å². The number of fused-ring (bicyclic) bond motifs is 1. The lowest BCUT2D eigenvalue weighted by atomic mass is 9.92. The number of rotatable bonds is 3. The van der Waals surface area contributed by atoms with Crippen molar-refractivity contribution in [3.63, 3.8) is 0 Å². The van der Waals surface area contributed by atoms with E-state index < -0.39 is 0 Å². The monoisotopic (exact) mass is 354 g/mol. The topological polar surface area (TPSA) is 50.2 Å². The molecule has 5 heteroatoms. The van der Waals surface area contributed by atoms with Crippen molar-refractivity contribution in [2.24, 2.45) is 5.41 Å². The molecule has 0 radical (unpaired) electrons. The van der Waals surface area contributed by atoms with E-state index in [1.807, 2.05) is 6.20 Å². The third-order valence-corrected chi connectivity index (χ3v) is 4.92. The van der Waals surface area contributed by atoms with Crippen molar-refractivity contribution >= 4 is 17.3 Å². The van der Waals surface area contributed by atoms with Gasteiger partial charge in [-0.3, -0.25) is 9.48 Å². The second-order valence-electron chi connectivity index (χ2n) is 8.66. The first-order valence-corrected chi connectivity index (χ1v) is 9.31. The zero-order valence-corrected chi connectivity index (χ0v) is 16.8. The van der Waals surface area contributed by atoms with Gasteiger partial charge in [0.25, 0.3) is 0 Å². The molecule has 1 aromatic heterocycles. The fourth-order valence-electron chi connectivity index (χ4n) is 3.58. The van der Waals surface area contributed by atoms with E-state index in [-0.39, 0.29) is 11.3 Å². The fourth-order valence-corrected chi connectivity index (χ4v) is 3.58. The molecule has 0 atom stereocenters. The lowest BCUT2D eigenvalue weighted by Gasteiger charge is -2.31. The van der Waals surface area contributed by atoms with E-state index in [0.717, 1.165) is 36.4 Å². The van der Waals surface area contributed by atoms with E-state index in [0.29, 0.717) is 6.42 Å². The molecule has 2 aromatic rings. The number of benzene rings is 1. The van der Waals surface area contributed by atoms with Crippen LogP contribution in [0.4, 0.5) is 11.4 Å². The van der Waals surface area contributed by atoms with Crippen LogP contribution in [0.1, 0.15) is 49.6 Å². The summed E-state index contributed by atoms with van der Waals surface area (Å²) >= 11 is 0. The maximum Gasteiger partial charge on any atom is 0.224 e. The summed E-state index contributed by atoms with van der Waals surface area (Å²) < 4.78 is 2.10.